The fourth-order valence-corrected chi connectivity index (χ4v) is 4.83. The maximum absolute atomic E-state index is 5.74. The van der Waals surface area contributed by atoms with Crippen molar-refractivity contribution in [1.82, 2.24) is 0 Å². The molecule has 0 aliphatic carbocycles. The van der Waals surface area contributed by atoms with E-state index in [4.69, 9.17) is 4.43 Å². The Kier molecular flexibility index (Phi) is 8.25. The van der Waals surface area contributed by atoms with E-state index in [0.717, 1.165) is 19.1 Å². The van der Waals surface area contributed by atoms with Crippen LogP contribution in [0, 0.1) is 0 Å². The molecule has 0 aliphatic heterocycles. The Morgan fingerprint density at radius 3 is 2.17 bits per heavy atom. The summed E-state index contributed by atoms with van der Waals surface area (Å²) in [4.78, 5) is 0. The normalized spacial score (nSPS) is 12.0. The minimum Gasteiger partial charge on any atom is -0.399 e. The van der Waals surface area contributed by atoms with Crippen molar-refractivity contribution in [3.05, 3.63) is 0 Å². The fraction of sp³-hybridized carbons (Fsp3) is 1.00. The van der Waals surface area contributed by atoms with Crippen LogP contribution < -0.4 is 0 Å². The predicted molar refractivity (Wildman–Crippen MR) is 64.2 cm³/mol. The van der Waals surface area contributed by atoms with Gasteiger partial charge in [0, 0.05) is 6.61 Å². The van der Waals surface area contributed by atoms with E-state index in [-0.39, 0.29) is 0 Å². The van der Waals surface area contributed by atoms with Gasteiger partial charge in [0.2, 0.25) is 0 Å². The van der Waals surface area contributed by atoms with Gasteiger partial charge in [-0.2, -0.15) is 0 Å². The highest BCUT2D eigenvalue weighted by Gasteiger charge is 2.27. The van der Waals surface area contributed by atoms with Gasteiger partial charge < -0.3 is 4.43 Å². The van der Waals surface area contributed by atoms with Gasteiger partial charge in [-0.3, -0.25) is 0 Å². The van der Waals surface area contributed by atoms with Gasteiger partial charge in [-0.05, 0) is 12.5 Å². The first kappa shape index (κ1) is 13.1. The molecule has 0 heterocycles. The molecule has 0 saturated heterocycles. The predicted octanol–water partition coefficient (Wildman–Crippen LogP) is 4.33. The van der Waals surface area contributed by atoms with E-state index >= 15 is 0 Å². The second kappa shape index (κ2) is 7.53. The Hall–Kier alpha value is 1.14. The summed E-state index contributed by atoms with van der Waals surface area (Å²) in [6.45, 7) is 5.28. The zero-order chi connectivity index (χ0) is 9.45. The lowest BCUT2D eigenvalue weighted by atomic mass is 10.4. The molecule has 0 spiro atoms. The average molecular weight is 318 g/mol. The van der Waals surface area contributed by atoms with Gasteiger partial charge in [-0.1, -0.05) is 63.7 Å². The number of hydrogen-bond donors (Lipinski definition) is 0. The third-order valence-electron chi connectivity index (χ3n) is 1.63. The second-order valence-electron chi connectivity index (χ2n) is 2.94. The molecule has 0 N–H and O–H groups in total. The van der Waals surface area contributed by atoms with Crippen LogP contribution in [0.2, 0.25) is 6.04 Å². The van der Waals surface area contributed by atoms with Crippen LogP contribution in [0.3, 0.4) is 0 Å². The van der Waals surface area contributed by atoms with Crippen molar-refractivity contribution in [3.8, 4) is 0 Å². The first-order valence-corrected chi connectivity index (χ1v) is 11.3. The zero-order valence-electron chi connectivity index (χ0n) is 7.91. The summed E-state index contributed by atoms with van der Waals surface area (Å²) < 4.78 is 5.74. The average Bonchev–Trinajstić information content (AvgIpc) is 2.01. The van der Waals surface area contributed by atoms with Crippen LogP contribution in [0.25, 0.3) is 0 Å². The third-order valence-corrected chi connectivity index (χ3v) is 6.95. The molecule has 74 valence electrons. The Morgan fingerprint density at radius 1 is 1.08 bits per heavy atom. The lowest BCUT2D eigenvalue weighted by Crippen LogP contribution is -2.23. The minimum absolute atomic E-state index is 0.892. The quantitative estimate of drug-likeness (QED) is 0.386. The van der Waals surface area contributed by atoms with Crippen LogP contribution in [-0.4, -0.2) is 12.2 Å². The maximum atomic E-state index is 5.74. The van der Waals surface area contributed by atoms with Crippen molar-refractivity contribution in [3.63, 3.8) is 0 Å². The molecule has 0 bridgehead atoms. The lowest BCUT2D eigenvalue weighted by Gasteiger charge is -2.17. The molecule has 0 radical (unpaired) electrons. The van der Waals surface area contributed by atoms with Crippen molar-refractivity contribution < 1.29 is 4.43 Å². The van der Waals surface area contributed by atoms with Crippen LogP contribution in [0.1, 0.15) is 39.5 Å². The summed E-state index contributed by atoms with van der Waals surface area (Å²) in [7, 11) is 0. The maximum Gasteiger partial charge on any atom is 0.336 e. The van der Waals surface area contributed by atoms with Crippen molar-refractivity contribution in [2.24, 2.45) is 0 Å². The summed E-state index contributed by atoms with van der Waals surface area (Å²) >= 11 is 7.29. The molecule has 4 heteroatoms. The first-order chi connectivity index (χ1) is 5.62. The Balaban J connectivity index is 3.42. The number of halogens is 2. The smallest absolute Gasteiger partial charge is 0.336 e. The van der Waals surface area contributed by atoms with Gasteiger partial charge in [0.1, 0.15) is 0 Å². The molecule has 0 amide bonds. The van der Waals surface area contributed by atoms with E-state index in [1.807, 2.05) is 0 Å². The Morgan fingerprint density at radius 2 is 1.67 bits per heavy atom. The van der Waals surface area contributed by atoms with Gasteiger partial charge in [0.05, 0.1) is 0 Å². The van der Waals surface area contributed by atoms with Crippen LogP contribution >= 0.6 is 30.6 Å². The number of rotatable bonds is 7. The number of hydrogen-bond acceptors (Lipinski definition) is 1. The minimum atomic E-state index is -1.64. The fourth-order valence-electron chi connectivity index (χ4n) is 0.821. The molecule has 1 nitrogen and oxygen atoms in total. The Bertz CT molecular complexity index is 109. The van der Waals surface area contributed by atoms with Gasteiger partial charge in [0.15, 0.2) is 0 Å². The van der Waals surface area contributed by atoms with Crippen LogP contribution in [0.4, 0.5) is 0 Å². The van der Waals surface area contributed by atoms with Crippen molar-refractivity contribution >= 4 is 36.1 Å². The molecule has 0 aromatic rings. The highest BCUT2D eigenvalue weighted by molar-refractivity contribution is 9.50. The van der Waals surface area contributed by atoms with Crippen molar-refractivity contribution in [2.75, 3.05) is 6.61 Å². The van der Waals surface area contributed by atoms with E-state index in [9.17, 15) is 0 Å². The van der Waals surface area contributed by atoms with Crippen LogP contribution in [0.15, 0.2) is 0 Å². The van der Waals surface area contributed by atoms with Gasteiger partial charge >= 0.3 is 5.56 Å². The molecular weight excluding hydrogens is 300 g/mol. The largest absolute Gasteiger partial charge is 0.399 e. The first-order valence-electron chi connectivity index (χ1n) is 4.64. The molecule has 0 atom stereocenters. The van der Waals surface area contributed by atoms with E-state index < -0.39 is 5.56 Å². The molecule has 0 unspecified atom stereocenters. The van der Waals surface area contributed by atoms with Crippen molar-refractivity contribution in [1.29, 1.82) is 0 Å². The molecule has 0 fully saturated rings. The topological polar surface area (TPSA) is 9.23 Å². The zero-order valence-corrected chi connectivity index (χ0v) is 12.1. The molecule has 0 aromatic carbocycles. The number of unbranched alkanes of at least 4 members (excludes halogenated alkanes) is 2. The van der Waals surface area contributed by atoms with E-state index in [2.05, 4.69) is 44.4 Å². The summed E-state index contributed by atoms with van der Waals surface area (Å²) in [6.07, 6.45) is 4.86. The van der Waals surface area contributed by atoms with E-state index in [1.165, 1.54) is 19.3 Å². The van der Waals surface area contributed by atoms with Gasteiger partial charge in [0.25, 0.3) is 0 Å². The standard InChI is InChI=1S/C8H18Br2OSi/c1-3-5-7-11-12(9,10)8-6-4-2/h3-8H2,1-2H3. The second-order valence-corrected chi connectivity index (χ2v) is 15.9. The summed E-state index contributed by atoms with van der Waals surface area (Å²) in [5.74, 6) is 0. The molecular formula is C8H18Br2OSi. The van der Waals surface area contributed by atoms with Gasteiger partial charge in [-0.15, -0.1) is 0 Å². The molecule has 12 heavy (non-hydrogen) atoms. The van der Waals surface area contributed by atoms with E-state index in [0.29, 0.717) is 0 Å². The Labute approximate surface area is 92.5 Å². The molecule has 0 aromatic heterocycles. The molecule has 0 saturated carbocycles. The molecule has 0 aliphatic rings. The SMILES string of the molecule is CCCCO[Si](Br)(Br)CCCC. The van der Waals surface area contributed by atoms with Gasteiger partial charge in [-0.25, -0.2) is 0 Å². The summed E-state index contributed by atoms with van der Waals surface area (Å²) in [5.41, 5.74) is -1.64. The highest BCUT2D eigenvalue weighted by Crippen LogP contribution is 2.28. The summed E-state index contributed by atoms with van der Waals surface area (Å²) in [6, 6.07) is 1.16. The van der Waals surface area contributed by atoms with Crippen molar-refractivity contribution in [2.45, 2.75) is 45.6 Å². The van der Waals surface area contributed by atoms with Crippen LogP contribution in [0.5, 0.6) is 0 Å². The van der Waals surface area contributed by atoms with E-state index in [1.54, 1.807) is 0 Å². The third kappa shape index (κ3) is 7.77. The summed E-state index contributed by atoms with van der Waals surface area (Å²) in [5, 5.41) is 0. The monoisotopic (exact) mass is 316 g/mol. The molecule has 0 rings (SSSR count). The van der Waals surface area contributed by atoms with Crippen LogP contribution in [-0.2, 0) is 4.43 Å². The highest BCUT2D eigenvalue weighted by atomic mass is 79.9. The lowest BCUT2D eigenvalue weighted by molar-refractivity contribution is 0.318.